The first-order valence-electron chi connectivity index (χ1n) is 4.67. The Morgan fingerprint density at radius 3 is 2.64 bits per heavy atom. The third-order valence-corrected chi connectivity index (χ3v) is 1.80. The molecule has 1 aromatic carbocycles. The van der Waals surface area contributed by atoms with E-state index in [-0.39, 0.29) is 5.91 Å². The molecule has 0 radical (unpaired) electrons. The first-order valence-corrected chi connectivity index (χ1v) is 4.67. The van der Waals surface area contributed by atoms with E-state index in [1.165, 1.54) is 0 Å². The van der Waals surface area contributed by atoms with Crippen LogP contribution in [0.4, 0.5) is 0 Å². The van der Waals surface area contributed by atoms with Crippen molar-refractivity contribution in [2.75, 3.05) is 6.54 Å². The summed E-state index contributed by atoms with van der Waals surface area (Å²) >= 11 is 0. The van der Waals surface area contributed by atoms with Crippen LogP contribution in [0.25, 0.3) is 0 Å². The highest BCUT2D eigenvalue weighted by molar-refractivity contribution is 5.78. The van der Waals surface area contributed by atoms with Gasteiger partial charge < -0.3 is 10.4 Å². The van der Waals surface area contributed by atoms with Crippen LogP contribution in [0.2, 0.25) is 0 Å². The third-order valence-electron chi connectivity index (χ3n) is 1.80. The van der Waals surface area contributed by atoms with Crippen molar-refractivity contribution in [2.24, 2.45) is 0 Å². The molecule has 0 aliphatic heterocycles. The number of nitrogens with one attached hydrogen (secondary N) is 1. The first-order chi connectivity index (χ1) is 6.68. The molecule has 0 unspecified atom stereocenters. The maximum absolute atomic E-state index is 11.3. The quantitative estimate of drug-likeness (QED) is 0.740. The number of carbonyl (C=O) groups excluding carboxylic acids is 1. The molecule has 1 amide bonds. The lowest BCUT2D eigenvalue weighted by Crippen LogP contribution is -2.31. The first kappa shape index (κ1) is 10.7. The van der Waals surface area contributed by atoms with Gasteiger partial charge in [-0.05, 0) is 12.5 Å². The number of hydrogen-bond acceptors (Lipinski definition) is 2. The Kier molecular flexibility index (Phi) is 4.13. The zero-order chi connectivity index (χ0) is 10.4. The van der Waals surface area contributed by atoms with Crippen LogP contribution in [0.1, 0.15) is 12.5 Å². The molecule has 0 aliphatic rings. The predicted molar refractivity (Wildman–Crippen MR) is 54.8 cm³/mol. The Morgan fingerprint density at radius 1 is 1.43 bits per heavy atom. The molecule has 1 rings (SSSR count). The van der Waals surface area contributed by atoms with Crippen molar-refractivity contribution in [1.82, 2.24) is 5.32 Å². The van der Waals surface area contributed by atoms with E-state index >= 15 is 0 Å². The number of hydrogen-bond donors (Lipinski definition) is 2. The highest BCUT2D eigenvalue weighted by Gasteiger charge is 2.03. The van der Waals surface area contributed by atoms with Gasteiger partial charge in [-0.25, -0.2) is 0 Å². The fraction of sp³-hybridized carbons (Fsp3) is 0.364. The minimum Gasteiger partial charge on any atom is -0.392 e. The molecule has 0 heterocycles. The fourth-order valence-corrected chi connectivity index (χ4v) is 1.11. The van der Waals surface area contributed by atoms with E-state index in [1.807, 2.05) is 30.3 Å². The summed E-state index contributed by atoms with van der Waals surface area (Å²) in [5, 5.41) is 11.6. The van der Waals surface area contributed by atoms with Gasteiger partial charge in [-0.3, -0.25) is 4.79 Å². The van der Waals surface area contributed by atoms with E-state index in [0.29, 0.717) is 13.0 Å². The van der Waals surface area contributed by atoms with Crippen molar-refractivity contribution < 1.29 is 9.90 Å². The van der Waals surface area contributed by atoms with E-state index in [1.54, 1.807) is 6.92 Å². The number of carbonyl (C=O) groups is 1. The summed E-state index contributed by atoms with van der Waals surface area (Å²) in [6.07, 6.45) is -0.122. The summed E-state index contributed by atoms with van der Waals surface area (Å²) < 4.78 is 0. The average molecular weight is 193 g/mol. The van der Waals surface area contributed by atoms with E-state index in [9.17, 15) is 4.79 Å². The molecule has 14 heavy (non-hydrogen) atoms. The van der Waals surface area contributed by atoms with E-state index < -0.39 is 6.10 Å². The van der Waals surface area contributed by atoms with Crippen molar-refractivity contribution in [1.29, 1.82) is 0 Å². The Morgan fingerprint density at radius 2 is 2.07 bits per heavy atom. The Labute approximate surface area is 83.8 Å². The second-order valence-corrected chi connectivity index (χ2v) is 3.32. The minimum atomic E-state index is -0.491. The lowest BCUT2D eigenvalue weighted by molar-refractivity contribution is -0.120. The monoisotopic (exact) mass is 193 g/mol. The summed E-state index contributed by atoms with van der Waals surface area (Å²) in [7, 11) is 0. The third kappa shape index (κ3) is 4.05. The van der Waals surface area contributed by atoms with Gasteiger partial charge >= 0.3 is 0 Å². The van der Waals surface area contributed by atoms with Crippen LogP contribution in [0, 0.1) is 0 Å². The topological polar surface area (TPSA) is 49.3 Å². The molecule has 2 N–H and O–H groups in total. The van der Waals surface area contributed by atoms with Crippen LogP contribution >= 0.6 is 0 Å². The molecule has 0 aliphatic carbocycles. The molecule has 0 spiro atoms. The van der Waals surface area contributed by atoms with Gasteiger partial charge in [-0.1, -0.05) is 30.3 Å². The molecule has 76 valence electrons. The Hall–Kier alpha value is -1.35. The number of rotatable bonds is 4. The molecule has 1 atom stereocenters. The van der Waals surface area contributed by atoms with Gasteiger partial charge in [0, 0.05) is 6.54 Å². The maximum Gasteiger partial charge on any atom is 0.224 e. The van der Waals surface area contributed by atoms with Crippen molar-refractivity contribution in [3.63, 3.8) is 0 Å². The molecule has 0 saturated heterocycles. The lowest BCUT2D eigenvalue weighted by atomic mass is 10.1. The normalized spacial score (nSPS) is 12.1. The van der Waals surface area contributed by atoms with Crippen LogP contribution in [-0.2, 0) is 11.2 Å². The highest BCUT2D eigenvalue weighted by Crippen LogP contribution is 1.98. The van der Waals surface area contributed by atoms with Crippen LogP contribution < -0.4 is 5.32 Å². The summed E-state index contributed by atoms with van der Waals surface area (Å²) in [5.41, 5.74) is 0.982. The second-order valence-electron chi connectivity index (χ2n) is 3.32. The second kappa shape index (κ2) is 5.40. The van der Waals surface area contributed by atoms with Crippen molar-refractivity contribution >= 4 is 5.91 Å². The molecule has 3 nitrogen and oxygen atoms in total. The molecular weight excluding hydrogens is 178 g/mol. The van der Waals surface area contributed by atoms with Crippen LogP contribution in [0.5, 0.6) is 0 Å². The van der Waals surface area contributed by atoms with Crippen molar-refractivity contribution in [3.05, 3.63) is 35.9 Å². The maximum atomic E-state index is 11.3. The van der Waals surface area contributed by atoms with Gasteiger partial charge in [0.25, 0.3) is 0 Å². The van der Waals surface area contributed by atoms with Gasteiger partial charge in [0.2, 0.25) is 5.91 Å². The van der Waals surface area contributed by atoms with E-state index in [2.05, 4.69) is 5.32 Å². The van der Waals surface area contributed by atoms with E-state index in [4.69, 9.17) is 5.11 Å². The van der Waals surface area contributed by atoms with E-state index in [0.717, 1.165) is 5.56 Å². The van der Waals surface area contributed by atoms with Gasteiger partial charge in [-0.15, -0.1) is 0 Å². The number of aliphatic hydroxyl groups excluding tert-OH is 1. The Balaban J connectivity index is 2.35. The number of benzene rings is 1. The van der Waals surface area contributed by atoms with Crippen LogP contribution in [0.15, 0.2) is 30.3 Å². The van der Waals surface area contributed by atoms with Crippen LogP contribution in [0.3, 0.4) is 0 Å². The smallest absolute Gasteiger partial charge is 0.224 e. The molecule has 3 heteroatoms. The van der Waals surface area contributed by atoms with Gasteiger partial charge in [0.15, 0.2) is 0 Å². The summed E-state index contributed by atoms with van der Waals surface area (Å²) in [5.74, 6) is -0.0582. The number of aliphatic hydroxyl groups is 1. The number of amides is 1. The summed E-state index contributed by atoms with van der Waals surface area (Å²) in [6, 6.07) is 9.52. The predicted octanol–water partition coefficient (Wildman–Crippen LogP) is 0.726. The zero-order valence-electron chi connectivity index (χ0n) is 8.23. The highest BCUT2D eigenvalue weighted by atomic mass is 16.3. The summed E-state index contributed by atoms with van der Waals surface area (Å²) in [6.45, 7) is 1.95. The molecule has 1 aromatic rings. The standard InChI is InChI=1S/C11H15NO2/c1-9(13)8-12-11(14)7-10-5-3-2-4-6-10/h2-6,9,13H,7-8H2,1H3,(H,12,14)/t9-/m1/s1. The molecular formula is C11H15NO2. The van der Waals surface area contributed by atoms with Crippen molar-refractivity contribution in [2.45, 2.75) is 19.4 Å². The fourth-order valence-electron chi connectivity index (χ4n) is 1.11. The minimum absolute atomic E-state index is 0.0582. The molecule has 0 fully saturated rings. The average Bonchev–Trinajstić information content (AvgIpc) is 2.16. The SMILES string of the molecule is C[C@@H](O)CNC(=O)Cc1ccccc1. The largest absolute Gasteiger partial charge is 0.392 e. The molecule has 0 bridgehead atoms. The van der Waals surface area contributed by atoms with Crippen molar-refractivity contribution in [3.8, 4) is 0 Å². The lowest BCUT2D eigenvalue weighted by Gasteiger charge is -2.06. The van der Waals surface area contributed by atoms with Gasteiger partial charge in [0.05, 0.1) is 12.5 Å². The summed E-state index contributed by atoms with van der Waals surface area (Å²) in [4.78, 5) is 11.3. The Bertz CT molecular complexity index is 283. The molecule has 0 saturated carbocycles. The van der Waals surface area contributed by atoms with Crippen LogP contribution in [-0.4, -0.2) is 23.7 Å². The molecule has 0 aromatic heterocycles. The zero-order valence-corrected chi connectivity index (χ0v) is 8.23. The van der Waals surface area contributed by atoms with Gasteiger partial charge in [0.1, 0.15) is 0 Å². The van der Waals surface area contributed by atoms with Gasteiger partial charge in [-0.2, -0.15) is 0 Å².